The number of carbonyl (C=O) groups excluding carboxylic acids is 1. The molecule has 0 fully saturated rings. The predicted molar refractivity (Wildman–Crippen MR) is 88.2 cm³/mol. The lowest BCUT2D eigenvalue weighted by Crippen LogP contribution is -2.32. The molecule has 0 saturated heterocycles. The topological polar surface area (TPSA) is 29.1 Å². The van der Waals surface area contributed by atoms with E-state index >= 15 is 0 Å². The van der Waals surface area contributed by atoms with Gasteiger partial charge in [0.05, 0.1) is 0 Å². The first-order valence-electron chi connectivity index (χ1n) is 6.91. The van der Waals surface area contributed by atoms with E-state index in [1.165, 1.54) is 5.56 Å². The third-order valence-electron chi connectivity index (χ3n) is 3.07. The Morgan fingerprint density at radius 2 is 1.81 bits per heavy atom. The standard InChI is InChI=1S/C18H18ClNO/c1-14(13-16-5-3-2-4-6-16)20-18(21)12-9-15-7-10-17(19)11-8-15/h2-12,14H,13H2,1H3,(H,20,21)/b12-9+/t14-/m0/s1. The summed E-state index contributed by atoms with van der Waals surface area (Å²) in [6.07, 6.45) is 4.15. The van der Waals surface area contributed by atoms with Crippen molar-refractivity contribution in [3.8, 4) is 0 Å². The summed E-state index contributed by atoms with van der Waals surface area (Å²) in [5.41, 5.74) is 2.16. The molecule has 0 aliphatic rings. The zero-order chi connectivity index (χ0) is 15.1. The highest BCUT2D eigenvalue weighted by Gasteiger charge is 2.05. The number of carbonyl (C=O) groups is 1. The number of hydrogen-bond acceptors (Lipinski definition) is 1. The van der Waals surface area contributed by atoms with E-state index in [2.05, 4.69) is 17.4 Å². The smallest absolute Gasteiger partial charge is 0.244 e. The van der Waals surface area contributed by atoms with Crippen LogP contribution < -0.4 is 5.32 Å². The van der Waals surface area contributed by atoms with Gasteiger partial charge in [-0.3, -0.25) is 4.79 Å². The van der Waals surface area contributed by atoms with Gasteiger partial charge < -0.3 is 5.32 Å². The molecule has 0 aliphatic heterocycles. The van der Waals surface area contributed by atoms with Crippen LogP contribution in [0, 0.1) is 0 Å². The molecule has 0 heterocycles. The van der Waals surface area contributed by atoms with Crippen LogP contribution in [0.4, 0.5) is 0 Å². The van der Waals surface area contributed by atoms with E-state index in [0.29, 0.717) is 5.02 Å². The highest BCUT2D eigenvalue weighted by atomic mass is 35.5. The minimum Gasteiger partial charge on any atom is -0.350 e. The Kier molecular flexibility index (Phi) is 5.59. The maximum absolute atomic E-state index is 11.9. The molecule has 3 heteroatoms. The maximum atomic E-state index is 11.9. The molecule has 108 valence electrons. The summed E-state index contributed by atoms with van der Waals surface area (Å²) in [5.74, 6) is -0.0895. The van der Waals surface area contributed by atoms with E-state index in [4.69, 9.17) is 11.6 Å². The largest absolute Gasteiger partial charge is 0.350 e. The van der Waals surface area contributed by atoms with Gasteiger partial charge in [0.2, 0.25) is 5.91 Å². The summed E-state index contributed by atoms with van der Waals surface area (Å²) in [5, 5.41) is 3.65. The van der Waals surface area contributed by atoms with Crippen LogP contribution in [0.1, 0.15) is 18.1 Å². The molecule has 0 aromatic heterocycles. The normalized spacial score (nSPS) is 12.3. The van der Waals surface area contributed by atoms with Gasteiger partial charge >= 0.3 is 0 Å². The fourth-order valence-electron chi connectivity index (χ4n) is 2.06. The molecule has 0 spiro atoms. The van der Waals surface area contributed by atoms with Crippen LogP contribution >= 0.6 is 11.6 Å². The van der Waals surface area contributed by atoms with E-state index in [1.807, 2.05) is 37.3 Å². The van der Waals surface area contributed by atoms with E-state index in [0.717, 1.165) is 12.0 Å². The van der Waals surface area contributed by atoms with Crippen molar-refractivity contribution in [1.29, 1.82) is 0 Å². The number of amides is 1. The zero-order valence-corrected chi connectivity index (χ0v) is 12.7. The van der Waals surface area contributed by atoms with Crippen molar-refractivity contribution < 1.29 is 4.79 Å². The van der Waals surface area contributed by atoms with Crippen LogP contribution in [-0.4, -0.2) is 11.9 Å². The van der Waals surface area contributed by atoms with Crippen molar-refractivity contribution in [2.45, 2.75) is 19.4 Å². The summed E-state index contributed by atoms with van der Waals surface area (Å²) in [7, 11) is 0. The highest BCUT2D eigenvalue weighted by molar-refractivity contribution is 6.30. The Hall–Kier alpha value is -2.06. The third-order valence-corrected chi connectivity index (χ3v) is 3.32. The minimum absolute atomic E-state index is 0.0895. The van der Waals surface area contributed by atoms with Gasteiger partial charge in [-0.05, 0) is 42.7 Å². The lowest BCUT2D eigenvalue weighted by atomic mass is 10.1. The number of halogens is 1. The van der Waals surface area contributed by atoms with Crippen molar-refractivity contribution in [1.82, 2.24) is 5.32 Å². The molecule has 1 N–H and O–H groups in total. The minimum atomic E-state index is -0.0895. The van der Waals surface area contributed by atoms with Crippen LogP contribution in [0.3, 0.4) is 0 Å². The Balaban J connectivity index is 1.85. The Morgan fingerprint density at radius 1 is 1.14 bits per heavy atom. The molecule has 2 aromatic rings. The molecular formula is C18H18ClNO. The van der Waals surface area contributed by atoms with Crippen LogP contribution in [0.25, 0.3) is 6.08 Å². The average Bonchev–Trinajstić information content (AvgIpc) is 2.47. The van der Waals surface area contributed by atoms with E-state index in [1.54, 1.807) is 24.3 Å². The zero-order valence-electron chi connectivity index (χ0n) is 11.9. The summed E-state index contributed by atoms with van der Waals surface area (Å²) >= 11 is 5.82. The quantitative estimate of drug-likeness (QED) is 0.827. The second-order valence-corrected chi connectivity index (χ2v) is 5.42. The van der Waals surface area contributed by atoms with Crippen LogP contribution in [-0.2, 0) is 11.2 Å². The summed E-state index contributed by atoms with van der Waals surface area (Å²) < 4.78 is 0. The van der Waals surface area contributed by atoms with Crippen molar-refractivity contribution in [3.05, 3.63) is 76.8 Å². The van der Waals surface area contributed by atoms with Gasteiger partial charge in [0.25, 0.3) is 0 Å². The first kappa shape index (κ1) is 15.3. The SMILES string of the molecule is C[C@@H](Cc1ccccc1)NC(=O)/C=C/c1ccc(Cl)cc1. The molecule has 21 heavy (non-hydrogen) atoms. The van der Waals surface area contributed by atoms with Gasteiger partial charge in [-0.25, -0.2) is 0 Å². The number of benzene rings is 2. The molecule has 1 amide bonds. The monoisotopic (exact) mass is 299 g/mol. The summed E-state index contributed by atoms with van der Waals surface area (Å²) in [6, 6.07) is 17.6. The fraction of sp³-hybridized carbons (Fsp3) is 0.167. The molecule has 2 rings (SSSR count). The Bertz CT molecular complexity index is 605. The second kappa shape index (κ2) is 7.65. The van der Waals surface area contributed by atoms with E-state index in [9.17, 15) is 4.79 Å². The van der Waals surface area contributed by atoms with Gasteiger partial charge in [-0.15, -0.1) is 0 Å². The van der Waals surface area contributed by atoms with Crippen LogP contribution in [0.5, 0.6) is 0 Å². The number of rotatable bonds is 5. The van der Waals surface area contributed by atoms with Gasteiger partial charge in [0, 0.05) is 17.1 Å². The highest BCUT2D eigenvalue weighted by Crippen LogP contribution is 2.10. The lowest BCUT2D eigenvalue weighted by Gasteiger charge is -2.12. The molecule has 2 aromatic carbocycles. The van der Waals surface area contributed by atoms with Crippen LogP contribution in [0.15, 0.2) is 60.7 Å². The van der Waals surface area contributed by atoms with Gasteiger partial charge in [-0.2, -0.15) is 0 Å². The summed E-state index contributed by atoms with van der Waals surface area (Å²) in [6.45, 7) is 2.00. The second-order valence-electron chi connectivity index (χ2n) is 4.98. The predicted octanol–water partition coefficient (Wildman–Crippen LogP) is 4.10. The van der Waals surface area contributed by atoms with E-state index in [-0.39, 0.29) is 11.9 Å². The van der Waals surface area contributed by atoms with Crippen LogP contribution in [0.2, 0.25) is 5.02 Å². The molecule has 0 radical (unpaired) electrons. The van der Waals surface area contributed by atoms with Crippen molar-refractivity contribution in [2.75, 3.05) is 0 Å². The first-order chi connectivity index (χ1) is 10.1. The number of hydrogen-bond donors (Lipinski definition) is 1. The molecule has 0 aliphatic carbocycles. The maximum Gasteiger partial charge on any atom is 0.244 e. The Morgan fingerprint density at radius 3 is 2.48 bits per heavy atom. The molecular weight excluding hydrogens is 282 g/mol. The van der Waals surface area contributed by atoms with Crippen molar-refractivity contribution in [2.24, 2.45) is 0 Å². The molecule has 0 bridgehead atoms. The van der Waals surface area contributed by atoms with Gasteiger partial charge in [0.15, 0.2) is 0 Å². The third kappa shape index (κ3) is 5.44. The molecule has 2 nitrogen and oxygen atoms in total. The fourth-order valence-corrected chi connectivity index (χ4v) is 2.18. The van der Waals surface area contributed by atoms with Gasteiger partial charge in [-0.1, -0.05) is 54.1 Å². The molecule has 1 atom stereocenters. The first-order valence-corrected chi connectivity index (χ1v) is 7.29. The van der Waals surface area contributed by atoms with E-state index < -0.39 is 0 Å². The molecule has 0 saturated carbocycles. The van der Waals surface area contributed by atoms with Crippen molar-refractivity contribution in [3.63, 3.8) is 0 Å². The van der Waals surface area contributed by atoms with Gasteiger partial charge in [0.1, 0.15) is 0 Å². The summed E-state index contributed by atoms with van der Waals surface area (Å²) in [4.78, 5) is 11.9. The lowest BCUT2D eigenvalue weighted by molar-refractivity contribution is -0.117. The average molecular weight is 300 g/mol. The van der Waals surface area contributed by atoms with Crippen molar-refractivity contribution >= 4 is 23.6 Å². The molecule has 0 unspecified atom stereocenters. The number of nitrogens with one attached hydrogen (secondary N) is 1. The Labute approximate surface area is 130 Å².